The fourth-order valence-electron chi connectivity index (χ4n) is 2.11. The summed E-state index contributed by atoms with van der Waals surface area (Å²) >= 11 is 0. The highest BCUT2D eigenvalue weighted by atomic mass is 16.5. The average molecular weight is 304 g/mol. The number of rotatable bonds is 2. The van der Waals surface area contributed by atoms with Crippen LogP contribution < -0.4 is 5.73 Å². The summed E-state index contributed by atoms with van der Waals surface area (Å²) in [7, 11) is 0. The number of hydrogen-bond acceptors (Lipinski definition) is 3. The molecule has 1 aliphatic heterocycles. The Kier molecular flexibility index (Phi) is 9.07. The van der Waals surface area contributed by atoms with Crippen molar-refractivity contribution in [3.05, 3.63) is 59.3 Å². The minimum Gasteiger partial charge on any atom is -0.486 e. The zero-order valence-electron chi connectivity index (χ0n) is 15.1. The van der Waals surface area contributed by atoms with Crippen LogP contribution in [0, 0.1) is 0 Å². The summed E-state index contributed by atoms with van der Waals surface area (Å²) in [6.45, 7) is 21.1. The standard InChI is InChI=1S/C15H20N2O.2C2H6/c1-10-5-6-14-15(7-11(10)2)18-9-13(4)17(14)8-12(3)16;2*1-2/h5,7H,3-4,6,8-9,16H2,1-2H3;2*1-2H3. The lowest BCUT2D eigenvalue weighted by molar-refractivity contribution is 0.182. The van der Waals surface area contributed by atoms with E-state index in [4.69, 9.17) is 10.5 Å². The quantitative estimate of drug-likeness (QED) is 0.791. The summed E-state index contributed by atoms with van der Waals surface area (Å²) in [5.74, 6) is 0.925. The van der Waals surface area contributed by atoms with Gasteiger partial charge in [-0.1, -0.05) is 52.5 Å². The molecule has 0 spiro atoms. The third kappa shape index (κ3) is 5.14. The maximum Gasteiger partial charge on any atom is 0.139 e. The van der Waals surface area contributed by atoms with Crippen LogP contribution in [0.3, 0.4) is 0 Å². The molecule has 2 N–H and O–H groups in total. The van der Waals surface area contributed by atoms with Crippen LogP contribution in [0.15, 0.2) is 59.3 Å². The predicted molar refractivity (Wildman–Crippen MR) is 97.0 cm³/mol. The largest absolute Gasteiger partial charge is 0.486 e. The highest BCUT2D eigenvalue weighted by molar-refractivity contribution is 5.41. The van der Waals surface area contributed by atoms with Crippen molar-refractivity contribution in [3.8, 4) is 0 Å². The van der Waals surface area contributed by atoms with E-state index in [1.54, 1.807) is 0 Å². The monoisotopic (exact) mass is 304 g/mol. The Bertz CT molecular complexity index is 496. The zero-order valence-corrected chi connectivity index (χ0v) is 15.1. The van der Waals surface area contributed by atoms with Gasteiger partial charge in [0.25, 0.3) is 0 Å². The van der Waals surface area contributed by atoms with Gasteiger partial charge in [-0.05, 0) is 25.5 Å². The highest BCUT2D eigenvalue weighted by Crippen LogP contribution is 2.31. The molecule has 2 rings (SSSR count). The van der Waals surface area contributed by atoms with Crippen LogP contribution in [0.4, 0.5) is 0 Å². The van der Waals surface area contributed by atoms with Gasteiger partial charge in [-0.3, -0.25) is 0 Å². The lowest BCUT2D eigenvalue weighted by Gasteiger charge is -2.34. The summed E-state index contributed by atoms with van der Waals surface area (Å²) in [6.07, 6.45) is 5.14. The lowest BCUT2D eigenvalue weighted by Crippen LogP contribution is -2.32. The third-order valence-corrected chi connectivity index (χ3v) is 3.32. The molecule has 22 heavy (non-hydrogen) atoms. The summed E-state index contributed by atoms with van der Waals surface area (Å²) in [5, 5.41) is 0. The Morgan fingerprint density at radius 3 is 2.36 bits per heavy atom. The van der Waals surface area contributed by atoms with E-state index < -0.39 is 0 Å². The van der Waals surface area contributed by atoms with Crippen molar-refractivity contribution in [1.82, 2.24) is 4.90 Å². The van der Waals surface area contributed by atoms with Crippen molar-refractivity contribution in [2.45, 2.75) is 48.0 Å². The fraction of sp³-hybridized carbons (Fsp3) is 0.474. The van der Waals surface area contributed by atoms with E-state index in [1.807, 2.05) is 27.7 Å². The average Bonchev–Trinajstić information content (AvgIpc) is 2.66. The molecule has 1 heterocycles. The van der Waals surface area contributed by atoms with Crippen molar-refractivity contribution in [2.75, 3.05) is 13.2 Å². The number of nitrogens with zero attached hydrogens (tertiary/aromatic N) is 1. The van der Waals surface area contributed by atoms with Crippen molar-refractivity contribution in [1.29, 1.82) is 0 Å². The smallest absolute Gasteiger partial charge is 0.139 e. The molecule has 2 aliphatic rings. The van der Waals surface area contributed by atoms with Gasteiger partial charge < -0.3 is 15.4 Å². The molecule has 0 aromatic heterocycles. The molecule has 0 unspecified atom stereocenters. The number of allylic oxidation sites excluding steroid dienone is 4. The molecule has 0 fully saturated rings. The first kappa shape index (κ1) is 20.1. The van der Waals surface area contributed by atoms with Gasteiger partial charge >= 0.3 is 0 Å². The van der Waals surface area contributed by atoms with Gasteiger partial charge in [0.05, 0.1) is 12.2 Å². The predicted octanol–water partition coefficient (Wildman–Crippen LogP) is 4.87. The second-order valence-electron chi connectivity index (χ2n) is 4.83. The number of ether oxygens (including phenoxy) is 1. The first-order valence-corrected chi connectivity index (χ1v) is 8.09. The fourth-order valence-corrected chi connectivity index (χ4v) is 2.11. The Labute approximate surface area is 136 Å². The van der Waals surface area contributed by atoms with Gasteiger partial charge in [0.15, 0.2) is 0 Å². The first-order chi connectivity index (χ1) is 10.5. The maximum atomic E-state index is 5.76. The summed E-state index contributed by atoms with van der Waals surface area (Å²) in [6, 6.07) is 0. The normalized spacial score (nSPS) is 16.6. The molecule has 0 amide bonds. The highest BCUT2D eigenvalue weighted by Gasteiger charge is 2.24. The van der Waals surface area contributed by atoms with E-state index in [9.17, 15) is 0 Å². The third-order valence-electron chi connectivity index (χ3n) is 3.32. The molecular weight excluding hydrogens is 272 g/mol. The van der Waals surface area contributed by atoms with Gasteiger partial charge in [0.1, 0.15) is 12.4 Å². The van der Waals surface area contributed by atoms with Gasteiger partial charge in [-0.25, -0.2) is 0 Å². The maximum absolute atomic E-state index is 5.76. The molecule has 0 aromatic rings. The Morgan fingerprint density at radius 2 is 1.82 bits per heavy atom. The van der Waals surface area contributed by atoms with Crippen LogP contribution >= 0.6 is 0 Å². The van der Waals surface area contributed by atoms with Crippen LogP contribution in [0.2, 0.25) is 0 Å². The summed E-state index contributed by atoms with van der Waals surface area (Å²) in [5.41, 5.74) is 10.9. The van der Waals surface area contributed by atoms with Crippen LogP contribution in [0.25, 0.3) is 0 Å². The van der Waals surface area contributed by atoms with Crippen molar-refractivity contribution >= 4 is 0 Å². The molecule has 3 heteroatoms. The minimum absolute atomic E-state index is 0.509. The van der Waals surface area contributed by atoms with E-state index in [1.165, 1.54) is 11.1 Å². The Hall–Kier alpha value is -1.90. The molecular formula is C19H32N2O. The lowest BCUT2D eigenvalue weighted by atomic mass is 10.1. The van der Waals surface area contributed by atoms with E-state index in [2.05, 4.69) is 44.1 Å². The molecule has 3 nitrogen and oxygen atoms in total. The van der Waals surface area contributed by atoms with Gasteiger partial charge in [-0.15, -0.1) is 0 Å². The Morgan fingerprint density at radius 1 is 1.23 bits per heavy atom. The second kappa shape index (κ2) is 9.93. The summed E-state index contributed by atoms with van der Waals surface area (Å²) < 4.78 is 5.76. The van der Waals surface area contributed by atoms with Crippen molar-refractivity contribution < 1.29 is 4.74 Å². The molecule has 1 aliphatic carbocycles. The van der Waals surface area contributed by atoms with Gasteiger partial charge in [-0.2, -0.15) is 0 Å². The SMILES string of the molecule is C=C(N)CN1C(=C)COC2=C1CC=C(C)C(C)=C2.CC.CC. The van der Waals surface area contributed by atoms with Gasteiger partial charge in [0.2, 0.25) is 0 Å². The van der Waals surface area contributed by atoms with Gasteiger partial charge in [0, 0.05) is 17.8 Å². The zero-order chi connectivity index (χ0) is 17.3. The summed E-state index contributed by atoms with van der Waals surface area (Å²) in [4.78, 5) is 2.11. The number of nitrogens with two attached hydrogens (primary N) is 1. The molecule has 0 radical (unpaired) electrons. The molecule has 0 aromatic carbocycles. The molecule has 0 bridgehead atoms. The van der Waals surface area contributed by atoms with Crippen LogP contribution in [-0.4, -0.2) is 18.1 Å². The van der Waals surface area contributed by atoms with E-state index in [0.717, 1.165) is 23.6 Å². The van der Waals surface area contributed by atoms with Crippen LogP contribution in [-0.2, 0) is 4.74 Å². The van der Waals surface area contributed by atoms with E-state index in [-0.39, 0.29) is 0 Å². The molecule has 124 valence electrons. The second-order valence-corrected chi connectivity index (χ2v) is 4.83. The molecule has 0 saturated heterocycles. The first-order valence-electron chi connectivity index (χ1n) is 8.09. The van der Waals surface area contributed by atoms with Crippen LogP contribution in [0.5, 0.6) is 0 Å². The van der Waals surface area contributed by atoms with E-state index in [0.29, 0.717) is 18.8 Å². The van der Waals surface area contributed by atoms with Crippen LogP contribution in [0.1, 0.15) is 48.0 Å². The minimum atomic E-state index is 0.509. The topological polar surface area (TPSA) is 38.5 Å². The van der Waals surface area contributed by atoms with Crippen molar-refractivity contribution in [2.24, 2.45) is 5.73 Å². The Balaban J connectivity index is 0.00000102. The number of hydrogen-bond donors (Lipinski definition) is 1. The van der Waals surface area contributed by atoms with Crippen molar-refractivity contribution in [3.63, 3.8) is 0 Å². The molecule has 0 atom stereocenters. The molecule has 0 saturated carbocycles. The van der Waals surface area contributed by atoms with E-state index >= 15 is 0 Å².